The van der Waals surface area contributed by atoms with Crippen molar-refractivity contribution in [1.29, 1.82) is 0 Å². The average Bonchev–Trinajstić information content (AvgIpc) is 2.28. The number of halogens is 1. The molecule has 0 atom stereocenters. The molecular formula is C13H14BrN3. The van der Waals surface area contributed by atoms with Gasteiger partial charge in [-0.1, -0.05) is 12.1 Å². The lowest BCUT2D eigenvalue weighted by Gasteiger charge is -2.11. The third-order valence-electron chi connectivity index (χ3n) is 2.50. The summed E-state index contributed by atoms with van der Waals surface area (Å²) in [6.07, 6.45) is 1.79. The van der Waals surface area contributed by atoms with E-state index >= 15 is 0 Å². The zero-order valence-electron chi connectivity index (χ0n) is 9.79. The van der Waals surface area contributed by atoms with E-state index in [-0.39, 0.29) is 0 Å². The summed E-state index contributed by atoms with van der Waals surface area (Å²) in [5.41, 5.74) is 9.75. The summed E-state index contributed by atoms with van der Waals surface area (Å²) in [7, 11) is 0. The number of benzene rings is 1. The Morgan fingerprint density at radius 1 is 1.29 bits per heavy atom. The van der Waals surface area contributed by atoms with Crippen LogP contribution < -0.4 is 11.1 Å². The Bertz CT molecular complexity index is 552. The van der Waals surface area contributed by atoms with Gasteiger partial charge in [0.05, 0.1) is 11.4 Å². The van der Waals surface area contributed by atoms with Gasteiger partial charge in [0, 0.05) is 10.7 Å². The smallest absolute Gasteiger partial charge is 0.153 e. The molecular weight excluding hydrogens is 278 g/mol. The number of hydrogen-bond donors (Lipinski definition) is 2. The van der Waals surface area contributed by atoms with Crippen LogP contribution in [0.4, 0.5) is 17.2 Å². The van der Waals surface area contributed by atoms with Crippen LogP contribution in [0, 0.1) is 13.8 Å². The fraction of sp³-hybridized carbons (Fsp3) is 0.154. The predicted octanol–water partition coefficient (Wildman–Crippen LogP) is 3.79. The van der Waals surface area contributed by atoms with Gasteiger partial charge in [-0.15, -0.1) is 0 Å². The van der Waals surface area contributed by atoms with E-state index in [1.807, 2.05) is 38.1 Å². The van der Waals surface area contributed by atoms with Crippen LogP contribution in [0.15, 0.2) is 34.9 Å². The highest BCUT2D eigenvalue weighted by molar-refractivity contribution is 9.10. The molecule has 0 unspecified atom stereocenters. The molecule has 0 fully saturated rings. The fourth-order valence-electron chi connectivity index (χ4n) is 1.57. The molecule has 0 radical (unpaired) electrons. The maximum atomic E-state index is 5.92. The van der Waals surface area contributed by atoms with Crippen molar-refractivity contribution in [3.05, 3.63) is 46.1 Å². The zero-order valence-corrected chi connectivity index (χ0v) is 11.4. The standard InChI is InChI=1S/C13H14BrN3/c1-8-6-10(15)13(16-7-8)17-11-5-3-4-9(2)12(11)14/h3-7H,15H2,1-2H3,(H,16,17). The van der Waals surface area contributed by atoms with Crippen LogP contribution in [0.3, 0.4) is 0 Å². The Hall–Kier alpha value is -1.55. The van der Waals surface area contributed by atoms with Gasteiger partial charge < -0.3 is 11.1 Å². The van der Waals surface area contributed by atoms with E-state index in [2.05, 4.69) is 26.2 Å². The molecule has 1 aromatic carbocycles. The molecule has 0 amide bonds. The van der Waals surface area contributed by atoms with Crippen molar-refractivity contribution in [2.75, 3.05) is 11.1 Å². The van der Waals surface area contributed by atoms with Gasteiger partial charge in [-0.25, -0.2) is 4.98 Å². The van der Waals surface area contributed by atoms with Gasteiger partial charge in [0.15, 0.2) is 5.82 Å². The SMILES string of the molecule is Cc1cnc(Nc2cccc(C)c2Br)c(N)c1. The minimum absolute atomic E-state index is 0.651. The van der Waals surface area contributed by atoms with Crippen molar-refractivity contribution in [3.63, 3.8) is 0 Å². The molecule has 17 heavy (non-hydrogen) atoms. The third-order valence-corrected chi connectivity index (χ3v) is 3.55. The Morgan fingerprint density at radius 2 is 2.06 bits per heavy atom. The zero-order chi connectivity index (χ0) is 12.4. The number of pyridine rings is 1. The monoisotopic (exact) mass is 291 g/mol. The molecule has 1 heterocycles. The molecule has 0 bridgehead atoms. The molecule has 0 saturated carbocycles. The third kappa shape index (κ3) is 2.58. The van der Waals surface area contributed by atoms with E-state index in [0.29, 0.717) is 11.5 Å². The Kier molecular flexibility index (Phi) is 3.33. The van der Waals surface area contributed by atoms with Crippen LogP contribution in [0.25, 0.3) is 0 Å². The first-order chi connectivity index (χ1) is 8.08. The predicted molar refractivity (Wildman–Crippen MR) is 75.5 cm³/mol. The topological polar surface area (TPSA) is 50.9 Å². The van der Waals surface area contributed by atoms with Gasteiger partial charge in [0.2, 0.25) is 0 Å². The van der Waals surface area contributed by atoms with Gasteiger partial charge in [-0.3, -0.25) is 0 Å². The lowest BCUT2D eigenvalue weighted by molar-refractivity contribution is 1.26. The van der Waals surface area contributed by atoms with E-state index in [4.69, 9.17) is 5.73 Å². The lowest BCUT2D eigenvalue weighted by atomic mass is 10.2. The number of nitrogens with zero attached hydrogens (tertiary/aromatic N) is 1. The van der Waals surface area contributed by atoms with Gasteiger partial charge in [0.1, 0.15) is 0 Å². The molecule has 3 nitrogen and oxygen atoms in total. The normalized spacial score (nSPS) is 10.3. The highest BCUT2D eigenvalue weighted by atomic mass is 79.9. The number of nitrogen functional groups attached to an aromatic ring is 1. The second kappa shape index (κ2) is 4.75. The average molecular weight is 292 g/mol. The van der Waals surface area contributed by atoms with Crippen molar-refractivity contribution in [3.8, 4) is 0 Å². The first-order valence-corrected chi connectivity index (χ1v) is 6.11. The number of nitrogens with two attached hydrogens (primary N) is 1. The van der Waals surface area contributed by atoms with Crippen LogP contribution in [0.5, 0.6) is 0 Å². The van der Waals surface area contributed by atoms with E-state index in [1.54, 1.807) is 6.20 Å². The van der Waals surface area contributed by atoms with E-state index in [9.17, 15) is 0 Å². The van der Waals surface area contributed by atoms with E-state index < -0.39 is 0 Å². The van der Waals surface area contributed by atoms with Gasteiger partial charge in [-0.2, -0.15) is 0 Å². The molecule has 0 spiro atoms. The minimum Gasteiger partial charge on any atom is -0.396 e. The lowest BCUT2D eigenvalue weighted by Crippen LogP contribution is -2.00. The molecule has 1 aromatic heterocycles. The van der Waals surface area contributed by atoms with Crippen LogP contribution >= 0.6 is 15.9 Å². The van der Waals surface area contributed by atoms with Crippen LogP contribution in [0.1, 0.15) is 11.1 Å². The van der Waals surface area contributed by atoms with E-state index in [0.717, 1.165) is 15.7 Å². The second-order valence-electron chi connectivity index (χ2n) is 4.01. The molecule has 88 valence electrons. The number of anilines is 3. The van der Waals surface area contributed by atoms with Crippen molar-refractivity contribution in [2.45, 2.75) is 13.8 Å². The number of rotatable bonds is 2. The molecule has 2 rings (SSSR count). The van der Waals surface area contributed by atoms with Crippen molar-refractivity contribution in [2.24, 2.45) is 0 Å². The number of aryl methyl sites for hydroxylation is 2. The first-order valence-electron chi connectivity index (χ1n) is 5.32. The van der Waals surface area contributed by atoms with Gasteiger partial charge >= 0.3 is 0 Å². The molecule has 0 aliphatic heterocycles. The Balaban J connectivity index is 2.35. The van der Waals surface area contributed by atoms with Crippen molar-refractivity contribution >= 4 is 33.1 Å². The highest BCUT2D eigenvalue weighted by Crippen LogP contribution is 2.29. The maximum Gasteiger partial charge on any atom is 0.153 e. The summed E-state index contributed by atoms with van der Waals surface area (Å²) in [6, 6.07) is 7.92. The van der Waals surface area contributed by atoms with Gasteiger partial charge in [-0.05, 0) is 53.0 Å². The number of nitrogens with one attached hydrogen (secondary N) is 1. The molecule has 0 aliphatic rings. The molecule has 2 aromatic rings. The van der Waals surface area contributed by atoms with Crippen molar-refractivity contribution in [1.82, 2.24) is 4.98 Å². The summed E-state index contributed by atoms with van der Waals surface area (Å²) >= 11 is 3.55. The van der Waals surface area contributed by atoms with Gasteiger partial charge in [0.25, 0.3) is 0 Å². The second-order valence-corrected chi connectivity index (χ2v) is 4.80. The summed E-state index contributed by atoms with van der Waals surface area (Å²) in [5.74, 6) is 0.682. The summed E-state index contributed by atoms with van der Waals surface area (Å²) in [5, 5.41) is 3.23. The summed E-state index contributed by atoms with van der Waals surface area (Å²) in [6.45, 7) is 4.01. The van der Waals surface area contributed by atoms with Crippen LogP contribution in [-0.4, -0.2) is 4.98 Å². The quantitative estimate of drug-likeness (QED) is 0.885. The summed E-state index contributed by atoms with van der Waals surface area (Å²) in [4.78, 5) is 4.29. The molecule has 3 N–H and O–H groups in total. The Labute approximate surface area is 109 Å². The summed E-state index contributed by atoms with van der Waals surface area (Å²) < 4.78 is 1.03. The first kappa shape index (κ1) is 11.9. The molecule has 4 heteroatoms. The fourth-order valence-corrected chi connectivity index (χ4v) is 1.93. The molecule has 0 saturated heterocycles. The minimum atomic E-state index is 0.651. The van der Waals surface area contributed by atoms with Crippen LogP contribution in [-0.2, 0) is 0 Å². The molecule has 0 aliphatic carbocycles. The van der Waals surface area contributed by atoms with E-state index in [1.165, 1.54) is 5.56 Å². The van der Waals surface area contributed by atoms with Crippen molar-refractivity contribution < 1.29 is 0 Å². The number of aromatic nitrogens is 1. The Morgan fingerprint density at radius 3 is 2.76 bits per heavy atom. The largest absolute Gasteiger partial charge is 0.396 e. The van der Waals surface area contributed by atoms with Crippen LogP contribution in [0.2, 0.25) is 0 Å². The maximum absolute atomic E-state index is 5.92. The highest BCUT2D eigenvalue weighted by Gasteiger charge is 2.05. The number of hydrogen-bond acceptors (Lipinski definition) is 3.